The first-order chi connectivity index (χ1) is 10.2. The minimum Gasteiger partial charge on any atom is -0.497 e. The van der Waals surface area contributed by atoms with E-state index in [0.29, 0.717) is 23.3 Å². The number of carbonyl (C=O) groups is 1. The highest BCUT2D eigenvalue weighted by Crippen LogP contribution is 2.69. The molecule has 0 heterocycles. The Morgan fingerprint density at radius 1 is 1.14 bits per heavy atom. The highest BCUT2D eigenvalue weighted by Gasteiger charge is 2.67. The zero-order valence-electron chi connectivity index (χ0n) is 12.5. The molecule has 1 N–H and O–H groups in total. The molecule has 1 amide bonds. The van der Waals surface area contributed by atoms with E-state index in [9.17, 15) is 4.79 Å². The van der Waals surface area contributed by atoms with Gasteiger partial charge in [0.05, 0.1) is 19.9 Å². The largest absolute Gasteiger partial charge is 0.497 e. The van der Waals surface area contributed by atoms with Gasteiger partial charge in [-0.1, -0.05) is 0 Å². The molecule has 0 saturated heterocycles. The van der Waals surface area contributed by atoms with Crippen LogP contribution in [0.25, 0.3) is 0 Å². The van der Waals surface area contributed by atoms with Crippen molar-refractivity contribution in [2.45, 2.75) is 19.3 Å². The molecule has 21 heavy (non-hydrogen) atoms. The summed E-state index contributed by atoms with van der Waals surface area (Å²) in [6.07, 6.45) is 4.03. The Bertz CT molecular complexity index is 569. The van der Waals surface area contributed by atoms with Gasteiger partial charge in [0.25, 0.3) is 0 Å². The first-order valence-electron chi connectivity index (χ1n) is 7.76. The molecular weight excluding hydrogens is 266 g/mol. The van der Waals surface area contributed by atoms with Crippen LogP contribution in [0.4, 0.5) is 5.69 Å². The van der Waals surface area contributed by atoms with Crippen LogP contribution in [-0.2, 0) is 4.79 Å². The van der Waals surface area contributed by atoms with Crippen LogP contribution in [0.2, 0.25) is 0 Å². The number of fused-ring (bicyclic) bond motifs is 5. The Hall–Kier alpha value is -1.71. The van der Waals surface area contributed by atoms with Crippen molar-refractivity contribution in [1.82, 2.24) is 0 Å². The molecule has 1 aromatic carbocycles. The lowest BCUT2D eigenvalue weighted by Crippen LogP contribution is -2.19. The molecule has 4 heteroatoms. The minimum atomic E-state index is 0.160. The van der Waals surface area contributed by atoms with Gasteiger partial charge in [0, 0.05) is 12.0 Å². The number of ether oxygens (including phenoxy) is 2. The SMILES string of the molecule is COc1ccc(OC)c(NC(=O)C2C3C4CCC(C4)C23)c1. The molecule has 112 valence electrons. The van der Waals surface area contributed by atoms with Gasteiger partial charge in [0.15, 0.2) is 0 Å². The molecule has 0 aliphatic heterocycles. The van der Waals surface area contributed by atoms with Gasteiger partial charge < -0.3 is 14.8 Å². The molecule has 3 fully saturated rings. The summed E-state index contributed by atoms with van der Waals surface area (Å²) in [5, 5.41) is 3.05. The van der Waals surface area contributed by atoms with E-state index in [-0.39, 0.29) is 11.8 Å². The number of carbonyl (C=O) groups excluding carboxylic acids is 1. The molecule has 1 aromatic rings. The van der Waals surface area contributed by atoms with Crippen LogP contribution in [0, 0.1) is 29.6 Å². The Kier molecular flexibility index (Phi) is 2.88. The summed E-state index contributed by atoms with van der Waals surface area (Å²) >= 11 is 0. The third-order valence-corrected chi connectivity index (χ3v) is 5.70. The first-order valence-corrected chi connectivity index (χ1v) is 7.76. The summed E-state index contributed by atoms with van der Waals surface area (Å²) < 4.78 is 10.5. The van der Waals surface area contributed by atoms with Crippen molar-refractivity contribution in [3.05, 3.63) is 18.2 Å². The average molecular weight is 287 g/mol. The van der Waals surface area contributed by atoms with Crippen molar-refractivity contribution in [1.29, 1.82) is 0 Å². The van der Waals surface area contributed by atoms with Crippen LogP contribution in [0.15, 0.2) is 18.2 Å². The zero-order chi connectivity index (χ0) is 14.6. The van der Waals surface area contributed by atoms with Crippen LogP contribution in [0.3, 0.4) is 0 Å². The third-order valence-electron chi connectivity index (χ3n) is 5.70. The van der Waals surface area contributed by atoms with Gasteiger partial charge in [-0.3, -0.25) is 4.79 Å². The maximum absolute atomic E-state index is 12.6. The summed E-state index contributed by atoms with van der Waals surface area (Å²) in [6, 6.07) is 5.48. The lowest BCUT2D eigenvalue weighted by molar-refractivity contribution is -0.118. The normalized spacial score (nSPS) is 35.2. The quantitative estimate of drug-likeness (QED) is 0.926. The first kappa shape index (κ1) is 13.0. The van der Waals surface area contributed by atoms with Crippen LogP contribution < -0.4 is 14.8 Å². The molecule has 0 radical (unpaired) electrons. The van der Waals surface area contributed by atoms with Gasteiger partial charge in [-0.25, -0.2) is 0 Å². The van der Waals surface area contributed by atoms with Crippen molar-refractivity contribution in [3.8, 4) is 11.5 Å². The summed E-state index contributed by atoms with van der Waals surface area (Å²) in [5.41, 5.74) is 0.708. The van der Waals surface area contributed by atoms with E-state index in [1.807, 2.05) is 18.2 Å². The number of hydrogen-bond acceptors (Lipinski definition) is 3. The zero-order valence-corrected chi connectivity index (χ0v) is 12.5. The Morgan fingerprint density at radius 3 is 2.48 bits per heavy atom. The van der Waals surface area contributed by atoms with Crippen molar-refractivity contribution >= 4 is 11.6 Å². The molecule has 3 saturated carbocycles. The van der Waals surface area contributed by atoms with E-state index in [0.717, 1.165) is 17.6 Å². The smallest absolute Gasteiger partial charge is 0.228 e. The maximum Gasteiger partial charge on any atom is 0.228 e. The summed E-state index contributed by atoms with van der Waals surface area (Å²) in [6.45, 7) is 0. The van der Waals surface area contributed by atoms with Crippen molar-refractivity contribution in [2.75, 3.05) is 19.5 Å². The molecule has 3 aliphatic carbocycles. The number of benzene rings is 1. The van der Waals surface area contributed by atoms with Crippen LogP contribution >= 0.6 is 0 Å². The van der Waals surface area contributed by atoms with E-state index in [4.69, 9.17) is 9.47 Å². The molecule has 3 aliphatic rings. The van der Waals surface area contributed by atoms with Crippen molar-refractivity contribution < 1.29 is 14.3 Å². The van der Waals surface area contributed by atoms with E-state index < -0.39 is 0 Å². The fourth-order valence-electron chi connectivity index (χ4n) is 4.80. The van der Waals surface area contributed by atoms with Crippen molar-refractivity contribution in [3.63, 3.8) is 0 Å². The molecule has 4 unspecified atom stereocenters. The lowest BCUT2D eigenvalue weighted by Gasteiger charge is -2.13. The van der Waals surface area contributed by atoms with Gasteiger partial charge in [0.2, 0.25) is 5.91 Å². The van der Waals surface area contributed by atoms with Gasteiger partial charge in [-0.15, -0.1) is 0 Å². The van der Waals surface area contributed by atoms with E-state index in [1.54, 1.807) is 14.2 Å². The van der Waals surface area contributed by atoms with Gasteiger partial charge in [0.1, 0.15) is 11.5 Å². The molecular formula is C17H21NO3. The predicted molar refractivity (Wildman–Crippen MR) is 79.5 cm³/mol. The number of methoxy groups -OCH3 is 2. The highest BCUT2D eigenvalue weighted by molar-refractivity contribution is 5.96. The van der Waals surface area contributed by atoms with Gasteiger partial charge in [-0.2, -0.15) is 0 Å². The van der Waals surface area contributed by atoms with E-state index >= 15 is 0 Å². The number of rotatable bonds is 4. The molecule has 0 spiro atoms. The fraction of sp³-hybridized carbons (Fsp3) is 0.588. The van der Waals surface area contributed by atoms with Crippen LogP contribution in [0.1, 0.15) is 19.3 Å². The van der Waals surface area contributed by atoms with Crippen LogP contribution in [-0.4, -0.2) is 20.1 Å². The Morgan fingerprint density at radius 2 is 1.86 bits per heavy atom. The number of amides is 1. The number of hydrogen-bond donors (Lipinski definition) is 1. The van der Waals surface area contributed by atoms with Crippen LogP contribution in [0.5, 0.6) is 11.5 Å². The lowest BCUT2D eigenvalue weighted by atomic mass is 10.0. The summed E-state index contributed by atoms with van der Waals surface area (Å²) in [5.74, 6) is 4.71. The monoisotopic (exact) mass is 287 g/mol. The number of anilines is 1. The highest BCUT2D eigenvalue weighted by atomic mass is 16.5. The second-order valence-corrected chi connectivity index (χ2v) is 6.57. The predicted octanol–water partition coefficient (Wildman–Crippen LogP) is 2.93. The van der Waals surface area contributed by atoms with Gasteiger partial charge >= 0.3 is 0 Å². The molecule has 4 nitrogen and oxygen atoms in total. The minimum absolute atomic E-state index is 0.160. The molecule has 4 rings (SSSR count). The maximum atomic E-state index is 12.6. The molecule has 0 aromatic heterocycles. The Labute approximate surface area is 124 Å². The third kappa shape index (κ3) is 1.92. The Balaban J connectivity index is 1.50. The topological polar surface area (TPSA) is 47.6 Å². The molecule has 4 atom stereocenters. The van der Waals surface area contributed by atoms with Gasteiger partial charge in [-0.05, 0) is 55.1 Å². The summed E-state index contributed by atoms with van der Waals surface area (Å²) in [7, 11) is 3.24. The second kappa shape index (κ2) is 4.65. The standard InChI is InChI=1S/C17H21NO3/c1-20-11-5-6-13(21-2)12(8-11)18-17(19)16-14-9-3-4-10(7-9)15(14)16/h5-6,8-10,14-16H,3-4,7H2,1-2H3,(H,18,19). The van der Waals surface area contributed by atoms with Crippen molar-refractivity contribution in [2.24, 2.45) is 29.6 Å². The summed E-state index contributed by atoms with van der Waals surface area (Å²) in [4.78, 5) is 12.6. The second-order valence-electron chi connectivity index (χ2n) is 6.57. The fourth-order valence-corrected chi connectivity index (χ4v) is 4.80. The van der Waals surface area contributed by atoms with E-state index in [2.05, 4.69) is 5.32 Å². The molecule has 2 bridgehead atoms. The number of nitrogens with one attached hydrogen (secondary N) is 1. The van der Waals surface area contributed by atoms with E-state index in [1.165, 1.54) is 19.3 Å². The average Bonchev–Trinajstić information content (AvgIpc) is 2.96.